The van der Waals surface area contributed by atoms with Crippen LogP contribution in [-0.2, 0) is 14.2 Å². The van der Waals surface area contributed by atoms with Crippen molar-refractivity contribution in [3.63, 3.8) is 0 Å². The second kappa shape index (κ2) is 8.81. The van der Waals surface area contributed by atoms with Crippen molar-refractivity contribution in [2.45, 2.75) is 4.90 Å². The lowest BCUT2D eigenvalue weighted by Gasteiger charge is -2.12. The Kier molecular flexibility index (Phi) is 7.37. The van der Waals surface area contributed by atoms with E-state index < -0.39 is 50.9 Å². The van der Waals surface area contributed by atoms with Gasteiger partial charge in [-0.25, -0.2) is 28.8 Å². The molecule has 0 amide bonds. The molecule has 9 nitrogen and oxygen atoms in total. The molecule has 25 heavy (non-hydrogen) atoms. The zero-order valence-electron chi connectivity index (χ0n) is 11.4. The molecule has 132 valence electrons. The molecule has 0 heterocycles. The number of ether oxygens (including phenoxy) is 3. The fourth-order valence-electron chi connectivity index (χ4n) is 1.56. The number of hydrogen-bond acceptors (Lipinski definition) is 10. The predicted octanol–water partition coefficient (Wildman–Crippen LogP) is 3.52. The SMILES string of the molecule is O=C(Cl)OC(=O)c1ccc(S)c(C(=O)OC(=O)Cl)c1C(=O)OC(=O)Cl. The van der Waals surface area contributed by atoms with E-state index in [1.165, 1.54) is 0 Å². The zero-order chi connectivity index (χ0) is 19.3. The maximum Gasteiger partial charge on any atom is 0.411 e. The van der Waals surface area contributed by atoms with Crippen molar-refractivity contribution in [2.24, 2.45) is 0 Å². The molecule has 0 bridgehead atoms. The first kappa shape index (κ1) is 20.9. The normalized spacial score (nSPS) is 9.76. The number of esters is 3. The van der Waals surface area contributed by atoms with E-state index >= 15 is 0 Å². The smallest absolute Gasteiger partial charge is 0.377 e. The minimum absolute atomic E-state index is 0.273. The van der Waals surface area contributed by atoms with E-state index in [9.17, 15) is 28.8 Å². The summed E-state index contributed by atoms with van der Waals surface area (Å²) in [6, 6.07) is 1.92. The number of carbonyl (C=O) groups is 6. The maximum atomic E-state index is 12.0. The highest BCUT2D eigenvalue weighted by Gasteiger charge is 2.31. The molecule has 0 atom stereocenters. The number of hydrogen-bond donors (Lipinski definition) is 1. The first-order chi connectivity index (χ1) is 11.5. The molecule has 1 aromatic carbocycles. The van der Waals surface area contributed by atoms with E-state index in [0.29, 0.717) is 0 Å². The van der Waals surface area contributed by atoms with Gasteiger partial charge >= 0.3 is 34.2 Å². The molecule has 0 aliphatic carbocycles. The first-order valence-corrected chi connectivity index (χ1v) is 7.23. The molecule has 0 N–H and O–H groups in total. The van der Waals surface area contributed by atoms with Gasteiger partial charge in [0.05, 0.1) is 16.7 Å². The second-order valence-corrected chi connectivity index (χ2v) is 5.17. The number of halogens is 3. The van der Waals surface area contributed by atoms with Crippen LogP contribution in [0.25, 0.3) is 0 Å². The van der Waals surface area contributed by atoms with Gasteiger partial charge in [-0.2, -0.15) is 0 Å². The van der Waals surface area contributed by atoms with Crippen molar-refractivity contribution >= 4 is 81.6 Å². The van der Waals surface area contributed by atoms with Gasteiger partial charge in [0.2, 0.25) is 0 Å². The summed E-state index contributed by atoms with van der Waals surface area (Å²) < 4.78 is 12.3. The van der Waals surface area contributed by atoms with Crippen LogP contribution in [0.4, 0.5) is 14.4 Å². The quantitative estimate of drug-likeness (QED) is 0.252. The van der Waals surface area contributed by atoms with Crippen LogP contribution in [-0.4, -0.2) is 34.2 Å². The highest BCUT2D eigenvalue weighted by molar-refractivity contribution is 7.80. The predicted molar refractivity (Wildman–Crippen MR) is 83.7 cm³/mol. The molecular weight excluding hydrogens is 427 g/mol. The standard InChI is InChI=1S/C12H3Cl3O9S/c13-10(19)22-7(16)3-1-2-4(25)6(9(18)24-12(15)21)5(3)8(17)23-11(14)20/h1-2,25H. The Morgan fingerprint density at radius 3 is 1.52 bits per heavy atom. The molecule has 0 saturated carbocycles. The van der Waals surface area contributed by atoms with Crippen LogP contribution in [0.1, 0.15) is 31.1 Å². The highest BCUT2D eigenvalue weighted by atomic mass is 35.5. The second-order valence-electron chi connectivity index (χ2n) is 3.76. The molecule has 0 saturated heterocycles. The van der Waals surface area contributed by atoms with Gasteiger partial charge in [0.15, 0.2) is 0 Å². The van der Waals surface area contributed by atoms with Crippen molar-refractivity contribution in [3.8, 4) is 0 Å². The molecule has 13 heteroatoms. The van der Waals surface area contributed by atoms with Gasteiger partial charge in [-0.3, -0.25) is 0 Å². The molecular formula is C12H3Cl3O9S. The monoisotopic (exact) mass is 428 g/mol. The summed E-state index contributed by atoms with van der Waals surface area (Å²) in [7, 11) is 0. The highest BCUT2D eigenvalue weighted by Crippen LogP contribution is 2.26. The van der Waals surface area contributed by atoms with Crippen LogP contribution >= 0.6 is 47.4 Å². The average molecular weight is 430 g/mol. The van der Waals surface area contributed by atoms with Crippen LogP contribution in [0.2, 0.25) is 0 Å². The van der Waals surface area contributed by atoms with Crippen LogP contribution in [0.15, 0.2) is 17.0 Å². The van der Waals surface area contributed by atoms with E-state index in [2.05, 4.69) is 26.8 Å². The molecule has 0 unspecified atom stereocenters. The number of carbonyl (C=O) groups excluding carboxylic acids is 6. The van der Waals surface area contributed by atoms with Gasteiger partial charge in [-0.05, 0) is 12.1 Å². The largest absolute Gasteiger partial charge is 0.411 e. The molecule has 0 aliphatic heterocycles. The lowest BCUT2D eigenvalue weighted by Crippen LogP contribution is -2.21. The van der Waals surface area contributed by atoms with Crippen LogP contribution in [0.5, 0.6) is 0 Å². The maximum absolute atomic E-state index is 12.0. The van der Waals surface area contributed by atoms with E-state index in [4.69, 9.17) is 34.8 Å². The Balaban J connectivity index is 3.62. The third-order valence-electron chi connectivity index (χ3n) is 2.33. The topological polar surface area (TPSA) is 130 Å². The Morgan fingerprint density at radius 1 is 0.680 bits per heavy atom. The van der Waals surface area contributed by atoms with E-state index in [-0.39, 0.29) is 4.90 Å². The van der Waals surface area contributed by atoms with Crippen LogP contribution in [0.3, 0.4) is 0 Å². The minimum Gasteiger partial charge on any atom is -0.377 e. The van der Waals surface area contributed by atoms with Gasteiger partial charge in [-0.15, -0.1) is 12.6 Å². The summed E-state index contributed by atoms with van der Waals surface area (Å²) >= 11 is 18.6. The molecule has 1 rings (SSSR count). The Labute approximate surface area is 158 Å². The molecule has 0 aliphatic rings. The van der Waals surface area contributed by atoms with Crippen molar-refractivity contribution in [2.75, 3.05) is 0 Å². The molecule has 1 aromatic rings. The lowest BCUT2D eigenvalue weighted by molar-refractivity contribution is 0.0594. The van der Waals surface area contributed by atoms with E-state index in [1.54, 1.807) is 0 Å². The van der Waals surface area contributed by atoms with Gasteiger partial charge < -0.3 is 14.2 Å². The summed E-state index contributed by atoms with van der Waals surface area (Å²) in [5.74, 6) is -4.58. The van der Waals surface area contributed by atoms with Gasteiger partial charge in [0.1, 0.15) is 0 Å². The van der Waals surface area contributed by atoms with Crippen molar-refractivity contribution in [3.05, 3.63) is 28.8 Å². The third kappa shape index (κ3) is 5.71. The van der Waals surface area contributed by atoms with Gasteiger partial charge in [-0.1, -0.05) is 0 Å². The number of benzene rings is 1. The van der Waals surface area contributed by atoms with E-state index in [0.717, 1.165) is 12.1 Å². The first-order valence-electron chi connectivity index (χ1n) is 5.65. The average Bonchev–Trinajstić information content (AvgIpc) is 2.44. The molecule has 0 radical (unpaired) electrons. The molecule has 0 aromatic heterocycles. The Bertz CT molecular complexity index is 805. The van der Waals surface area contributed by atoms with E-state index in [1.807, 2.05) is 0 Å². The van der Waals surface area contributed by atoms with Gasteiger partial charge in [0, 0.05) is 39.7 Å². The van der Waals surface area contributed by atoms with Gasteiger partial charge in [0.25, 0.3) is 0 Å². The van der Waals surface area contributed by atoms with Crippen LogP contribution < -0.4 is 0 Å². The molecule has 0 spiro atoms. The number of thiol groups is 1. The summed E-state index contributed by atoms with van der Waals surface area (Å²) in [6.45, 7) is 0. The summed E-state index contributed by atoms with van der Waals surface area (Å²) in [4.78, 5) is 67.7. The third-order valence-corrected chi connectivity index (χ3v) is 2.93. The Morgan fingerprint density at radius 2 is 1.08 bits per heavy atom. The van der Waals surface area contributed by atoms with Crippen molar-refractivity contribution in [1.82, 2.24) is 0 Å². The van der Waals surface area contributed by atoms with Crippen molar-refractivity contribution in [1.29, 1.82) is 0 Å². The molecule has 0 fully saturated rings. The summed E-state index contributed by atoms with van der Waals surface area (Å²) in [6.07, 6.45) is 0. The summed E-state index contributed by atoms with van der Waals surface area (Å²) in [5, 5.41) is 0. The van der Waals surface area contributed by atoms with Crippen molar-refractivity contribution < 1.29 is 43.0 Å². The Hall–Kier alpha value is -2.14. The lowest BCUT2D eigenvalue weighted by atomic mass is 10.0. The fraction of sp³-hybridized carbons (Fsp3) is 0. The zero-order valence-corrected chi connectivity index (χ0v) is 14.6. The van der Waals surface area contributed by atoms with Crippen LogP contribution in [0, 0.1) is 0 Å². The summed E-state index contributed by atoms with van der Waals surface area (Å²) in [5.41, 5.74) is -7.15. The minimum atomic E-state index is -1.60. The number of rotatable bonds is 3. The fourth-order valence-corrected chi connectivity index (χ4v) is 2.04.